The first-order valence-electron chi connectivity index (χ1n) is 8.46. The van der Waals surface area contributed by atoms with Gasteiger partial charge in [-0.15, -0.1) is 0 Å². The van der Waals surface area contributed by atoms with Crippen LogP contribution in [-0.4, -0.2) is 29.3 Å². The van der Waals surface area contributed by atoms with E-state index in [-0.39, 0.29) is 11.9 Å². The van der Waals surface area contributed by atoms with Crippen molar-refractivity contribution in [2.45, 2.75) is 51.9 Å². The van der Waals surface area contributed by atoms with Gasteiger partial charge in [-0.25, -0.2) is 4.79 Å². The van der Waals surface area contributed by atoms with E-state index in [1.165, 1.54) is 25.7 Å². The quantitative estimate of drug-likeness (QED) is 0.846. The van der Waals surface area contributed by atoms with E-state index in [9.17, 15) is 4.79 Å². The molecule has 0 aliphatic heterocycles. The summed E-state index contributed by atoms with van der Waals surface area (Å²) in [6.45, 7) is 5.37. The molecule has 6 nitrogen and oxygen atoms in total. The molecule has 1 aromatic heterocycles. The van der Waals surface area contributed by atoms with Gasteiger partial charge in [0, 0.05) is 25.4 Å². The van der Waals surface area contributed by atoms with Crippen LogP contribution in [0.2, 0.25) is 0 Å². The van der Waals surface area contributed by atoms with Crippen molar-refractivity contribution in [1.82, 2.24) is 20.8 Å². The molecule has 22 heavy (non-hydrogen) atoms. The van der Waals surface area contributed by atoms with Crippen molar-refractivity contribution in [1.29, 1.82) is 0 Å². The third kappa shape index (κ3) is 3.59. The van der Waals surface area contributed by atoms with Crippen LogP contribution in [0.1, 0.15) is 57.2 Å². The molecule has 3 atom stereocenters. The van der Waals surface area contributed by atoms with E-state index in [0.717, 1.165) is 24.2 Å². The highest BCUT2D eigenvalue weighted by atomic mass is 16.5. The van der Waals surface area contributed by atoms with E-state index >= 15 is 0 Å². The van der Waals surface area contributed by atoms with Crippen LogP contribution in [0.3, 0.4) is 0 Å². The normalized spacial score (nSPS) is 26.6. The molecule has 2 N–H and O–H groups in total. The maximum Gasteiger partial charge on any atom is 0.314 e. The number of hydrogen-bond donors (Lipinski definition) is 2. The second-order valence-electron chi connectivity index (χ2n) is 7.02. The molecule has 1 aromatic rings. The van der Waals surface area contributed by atoms with Gasteiger partial charge in [-0.2, -0.15) is 4.98 Å². The van der Waals surface area contributed by atoms with E-state index in [4.69, 9.17) is 4.52 Å². The Balaban J connectivity index is 1.32. The van der Waals surface area contributed by atoms with Gasteiger partial charge in [0.1, 0.15) is 0 Å². The third-order valence-corrected chi connectivity index (χ3v) is 5.03. The molecule has 2 bridgehead atoms. The van der Waals surface area contributed by atoms with E-state index in [0.29, 0.717) is 24.8 Å². The molecular weight excluding hydrogens is 280 g/mol. The van der Waals surface area contributed by atoms with Gasteiger partial charge in [-0.05, 0) is 37.0 Å². The van der Waals surface area contributed by atoms with Crippen LogP contribution in [0.5, 0.6) is 0 Å². The standard InChI is InChI=1S/C16H26N4O2/c1-10(2)15-19-14(22-20-15)5-6-17-16(21)18-9-13-8-11-3-4-12(13)7-11/h10-13H,3-9H2,1-2H3,(H2,17,18,21). The maximum atomic E-state index is 11.8. The lowest BCUT2D eigenvalue weighted by Gasteiger charge is -2.21. The lowest BCUT2D eigenvalue weighted by Crippen LogP contribution is -2.40. The van der Waals surface area contributed by atoms with Crippen molar-refractivity contribution in [3.8, 4) is 0 Å². The highest BCUT2D eigenvalue weighted by Crippen LogP contribution is 2.47. The molecule has 2 fully saturated rings. The number of aromatic nitrogens is 2. The molecule has 6 heteroatoms. The van der Waals surface area contributed by atoms with Gasteiger partial charge in [-0.3, -0.25) is 0 Å². The number of hydrogen-bond acceptors (Lipinski definition) is 4. The molecule has 0 spiro atoms. The number of amides is 2. The zero-order valence-corrected chi connectivity index (χ0v) is 13.5. The lowest BCUT2D eigenvalue weighted by atomic mass is 9.89. The summed E-state index contributed by atoms with van der Waals surface area (Å²) in [5.41, 5.74) is 0. The Kier molecular flexibility index (Phi) is 4.64. The topological polar surface area (TPSA) is 80.0 Å². The van der Waals surface area contributed by atoms with Gasteiger partial charge in [0.2, 0.25) is 5.89 Å². The Morgan fingerprint density at radius 1 is 1.32 bits per heavy atom. The summed E-state index contributed by atoms with van der Waals surface area (Å²) < 4.78 is 5.15. The fourth-order valence-corrected chi connectivity index (χ4v) is 3.80. The van der Waals surface area contributed by atoms with E-state index in [2.05, 4.69) is 20.8 Å². The largest absolute Gasteiger partial charge is 0.339 e. The van der Waals surface area contributed by atoms with Crippen molar-refractivity contribution in [2.24, 2.45) is 17.8 Å². The number of carbonyl (C=O) groups is 1. The fraction of sp³-hybridized carbons (Fsp3) is 0.812. The van der Waals surface area contributed by atoms with Gasteiger partial charge in [0.05, 0.1) is 0 Å². The van der Waals surface area contributed by atoms with Gasteiger partial charge in [0.15, 0.2) is 5.82 Å². The number of nitrogens with zero attached hydrogens (tertiary/aromatic N) is 2. The van der Waals surface area contributed by atoms with Crippen molar-refractivity contribution in [2.75, 3.05) is 13.1 Å². The number of rotatable bonds is 6. The Morgan fingerprint density at radius 3 is 2.82 bits per heavy atom. The summed E-state index contributed by atoms with van der Waals surface area (Å²) >= 11 is 0. The first-order chi connectivity index (χ1) is 10.6. The molecule has 2 saturated carbocycles. The summed E-state index contributed by atoms with van der Waals surface area (Å²) in [7, 11) is 0. The van der Waals surface area contributed by atoms with Crippen LogP contribution in [-0.2, 0) is 6.42 Å². The predicted octanol–water partition coefficient (Wildman–Crippen LogP) is 2.47. The van der Waals surface area contributed by atoms with Crippen LogP contribution in [0.25, 0.3) is 0 Å². The lowest BCUT2D eigenvalue weighted by molar-refractivity contribution is 0.234. The monoisotopic (exact) mass is 306 g/mol. The number of carbonyl (C=O) groups excluding carboxylic acids is 1. The molecule has 0 radical (unpaired) electrons. The molecule has 2 aliphatic rings. The van der Waals surface area contributed by atoms with Crippen LogP contribution >= 0.6 is 0 Å². The summed E-state index contributed by atoms with van der Waals surface area (Å²) in [5, 5.41) is 9.77. The van der Waals surface area contributed by atoms with Crippen molar-refractivity contribution in [3.05, 3.63) is 11.7 Å². The minimum Gasteiger partial charge on any atom is -0.339 e. The number of fused-ring (bicyclic) bond motifs is 2. The molecule has 122 valence electrons. The molecular formula is C16H26N4O2. The molecule has 2 amide bonds. The third-order valence-electron chi connectivity index (χ3n) is 5.03. The molecule has 3 rings (SSSR count). The Bertz CT molecular complexity index is 514. The van der Waals surface area contributed by atoms with Crippen molar-refractivity contribution >= 4 is 6.03 Å². The average molecular weight is 306 g/mol. The van der Waals surface area contributed by atoms with Crippen LogP contribution in [0, 0.1) is 17.8 Å². The average Bonchev–Trinajstić information content (AvgIpc) is 3.21. The summed E-state index contributed by atoms with van der Waals surface area (Å²) in [5.74, 6) is 4.02. The molecule has 0 saturated heterocycles. The second kappa shape index (κ2) is 6.67. The van der Waals surface area contributed by atoms with Gasteiger partial charge in [-0.1, -0.05) is 25.4 Å². The van der Waals surface area contributed by atoms with Gasteiger partial charge >= 0.3 is 6.03 Å². The summed E-state index contributed by atoms with van der Waals surface area (Å²) in [6, 6.07) is -0.0913. The maximum absolute atomic E-state index is 11.8. The minimum atomic E-state index is -0.0913. The van der Waals surface area contributed by atoms with E-state index in [1.54, 1.807) is 0 Å². The minimum absolute atomic E-state index is 0.0913. The van der Waals surface area contributed by atoms with E-state index in [1.807, 2.05) is 13.8 Å². The highest BCUT2D eigenvalue weighted by molar-refractivity contribution is 5.73. The highest BCUT2D eigenvalue weighted by Gasteiger charge is 2.39. The van der Waals surface area contributed by atoms with Crippen LogP contribution < -0.4 is 10.6 Å². The van der Waals surface area contributed by atoms with Crippen molar-refractivity contribution in [3.63, 3.8) is 0 Å². The zero-order chi connectivity index (χ0) is 15.5. The number of urea groups is 1. The predicted molar refractivity (Wildman–Crippen MR) is 82.4 cm³/mol. The first-order valence-corrected chi connectivity index (χ1v) is 8.46. The van der Waals surface area contributed by atoms with Gasteiger partial charge < -0.3 is 15.2 Å². The Morgan fingerprint density at radius 2 is 2.18 bits per heavy atom. The smallest absolute Gasteiger partial charge is 0.314 e. The number of nitrogens with one attached hydrogen (secondary N) is 2. The van der Waals surface area contributed by atoms with Crippen LogP contribution in [0.4, 0.5) is 4.79 Å². The molecule has 2 aliphatic carbocycles. The summed E-state index contributed by atoms with van der Waals surface area (Å²) in [4.78, 5) is 16.1. The van der Waals surface area contributed by atoms with Gasteiger partial charge in [0.25, 0.3) is 0 Å². The second-order valence-corrected chi connectivity index (χ2v) is 7.02. The van der Waals surface area contributed by atoms with Crippen molar-refractivity contribution < 1.29 is 9.32 Å². The summed E-state index contributed by atoms with van der Waals surface area (Å²) in [6.07, 6.45) is 6.00. The van der Waals surface area contributed by atoms with E-state index < -0.39 is 0 Å². The SMILES string of the molecule is CC(C)c1noc(CCNC(=O)NCC2CC3CCC2C3)n1. The zero-order valence-electron chi connectivity index (χ0n) is 13.5. The Labute approximate surface area is 131 Å². The molecule has 1 heterocycles. The van der Waals surface area contributed by atoms with Crippen LogP contribution in [0.15, 0.2) is 4.52 Å². The Hall–Kier alpha value is -1.59. The fourth-order valence-electron chi connectivity index (χ4n) is 3.80. The molecule has 3 unspecified atom stereocenters. The molecule has 0 aromatic carbocycles. The first kappa shape index (κ1) is 15.3.